The molecule has 24 heavy (non-hydrogen) atoms. The predicted octanol–water partition coefficient (Wildman–Crippen LogP) is 4.60. The molecule has 0 spiro atoms. The van der Waals surface area contributed by atoms with E-state index in [2.05, 4.69) is 9.98 Å². The van der Waals surface area contributed by atoms with Gasteiger partial charge in [-0.15, -0.1) is 0 Å². The summed E-state index contributed by atoms with van der Waals surface area (Å²) in [7, 11) is 0. The summed E-state index contributed by atoms with van der Waals surface area (Å²) in [5.74, 6) is -0.409. The number of para-hydroxylation sites is 2. The highest BCUT2D eigenvalue weighted by atomic mass is 16.3. The van der Waals surface area contributed by atoms with Gasteiger partial charge in [0.15, 0.2) is 11.5 Å². The summed E-state index contributed by atoms with van der Waals surface area (Å²) in [5.41, 5.74) is 2.63. The Morgan fingerprint density at radius 3 is 1.75 bits per heavy atom. The fourth-order valence-electron chi connectivity index (χ4n) is 2.17. The van der Waals surface area contributed by atoms with Gasteiger partial charge in [0.25, 0.3) is 0 Å². The Labute approximate surface area is 140 Å². The molecule has 2 N–H and O–H groups in total. The van der Waals surface area contributed by atoms with Gasteiger partial charge in [-0.3, -0.25) is 9.98 Å². The third-order valence-corrected chi connectivity index (χ3v) is 3.44. The largest absolute Gasteiger partial charge is 0.504 e. The fraction of sp³-hybridized carbons (Fsp3) is 0. The topological polar surface area (TPSA) is 65.2 Å². The van der Waals surface area contributed by atoms with Gasteiger partial charge in [0.05, 0.1) is 11.4 Å². The van der Waals surface area contributed by atoms with E-state index in [1.54, 1.807) is 12.3 Å². The van der Waals surface area contributed by atoms with Crippen LogP contribution in [0, 0.1) is 0 Å². The number of aromatic hydroxyl groups is 2. The van der Waals surface area contributed by atoms with Crippen LogP contribution >= 0.6 is 0 Å². The molecule has 0 saturated carbocycles. The van der Waals surface area contributed by atoms with Gasteiger partial charge >= 0.3 is 0 Å². The third-order valence-electron chi connectivity index (χ3n) is 3.44. The van der Waals surface area contributed by atoms with Gasteiger partial charge in [0.2, 0.25) is 0 Å². The quantitative estimate of drug-likeness (QED) is 0.546. The number of aliphatic imine (C=N–C) groups is 2. The lowest BCUT2D eigenvalue weighted by molar-refractivity contribution is 0.403. The lowest BCUT2D eigenvalue weighted by atomic mass is 10.1. The van der Waals surface area contributed by atoms with Gasteiger partial charge in [0, 0.05) is 23.6 Å². The van der Waals surface area contributed by atoms with Crippen molar-refractivity contribution in [2.45, 2.75) is 0 Å². The van der Waals surface area contributed by atoms with Crippen LogP contribution in [-0.2, 0) is 0 Å². The molecule has 0 saturated heterocycles. The zero-order valence-corrected chi connectivity index (χ0v) is 12.9. The van der Waals surface area contributed by atoms with Crippen LogP contribution in [0.1, 0.15) is 11.1 Å². The fourth-order valence-corrected chi connectivity index (χ4v) is 2.17. The molecule has 3 aromatic carbocycles. The summed E-state index contributed by atoms with van der Waals surface area (Å²) >= 11 is 0. The smallest absolute Gasteiger partial charge is 0.167 e. The van der Waals surface area contributed by atoms with Crippen molar-refractivity contribution in [3.63, 3.8) is 0 Å². The highest BCUT2D eigenvalue weighted by molar-refractivity contribution is 5.98. The summed E-state index contributed by atoms with van der Waals surface area (Å²) in [6, 6.07) is 22.0. The van der Waals surface area contributed by atoms with E-state index in [9.17, 15) is 10.2 Å². The van der Waals surface area contributed by atoms with Crippen LogP contribution in [0.15, 0.2) is 82.8 Å². The SMILES string of the molecule is Oc1ccc(C=Nc2ccccc2)c(C=Nc2ccccc2)c1O. The molecule has 3 aromatic rings. The lowest BCUT2D eigenvalue weighted by Crippen LogP contribution is -1.93. The summed E-state index contributed by atoms with van der Waals surface area (Å²) in [6.07, 6.45) is 3.16. The van der Waals surface area contributed by atoms with E-state index >= 15 is 0 Å². The van der Waals surface area contributed by atoms with Crippen molar-refractivity contribution in [1.29, 1.82) is 0 Å². The van der Waals surface area contributed by atoms with Crippen LogP contribution < -0.4 is 0 Å². The first kappa shape index (κ1) is 15.5. The number of hydrogen-bond acceptors (Lipinski definition) is 4. The molecule has 4 heteroatoms. The molecule has 0 bridgehead atoms. The third kappa shape index (κ3) is 3.67. The van der Waals surface area contributed by atoms with Crippen LogP contribution in [0.2, 0.25) is 0 Å². The normalized spacial score (nSPS) is 11.3. The Morgan fingerprint density at radius 1 is 0.625 bits per heavy atom. The zero-order valence-electron chi connectivity index (χ0n) is 12.9. The van der Waals surface area contributed by atoms with Crippen molar-refractivity contribution in [3.05, 3.63) is 83.9 Å². The standard InChI is InChI=1S/C20H16N2O2/c23-19-12-11-15(13-21-16-7-3-1-4-8-16)18(20(19)24)14-22-17-9-5-2-6-10-17/h1-14,23-24H. The maximum absolute atomic E-state index is 10.2. The van der Waals surface area contributed by atoms with Crippen LogP contribution in [0.4, 0.5) is 11.4 Å². The number of phenolic OH excluding ortho intramolecular Hbond substituents is 2. The molecule has 0 aliphatic carbocycles. The van der Waals surface area contributed by atoms with Crippen LogP contribution in [0.3, 0.4) is 0 Å². The highest BCUT2D eigenvalue weighted by Crippen LogP contribution is 2.30. The van der Waals surface area contributed by atoms with Gasteiger partial charge in [0.1, 0.15) is 0 Å². The number of nitrogens with zero attached hydrogens (tertiary/aromatic N) is 2. The van der Waals surface area contributed by atoms with E-state index in [1.807, 2.05) is 60.7 Å². The van der Waals surface area contributed by atoms with E-state index < -0.39 is 0 Å². The second-order valence-electron chi connectivity index (χ2n) is 5.12. The molecule has 0 fully saturated rings. The number of hydrogen-bond donors (Lipinski definition) is 2. The molecular weight excluding hydrogens is 300 g/mol. The van der Waals surface area contributed by atoms with Crippen molar-refractivity contribution in [3.8, 4) is 11.5 Å². The predicted molar refractivity (Wildman–Crippen MR) is 97.2 cm³/mol. The average Bonchev–Trinajstić information content (AvgIpc) is 2.63. The molecule has 0 radical (unpaired) electrons. The minimum Gasteiger partial charge on any atom is -0.504 e. The molecule has 0 unspecified atom stereocenters. The van der Waals surface area contributed by atoms with Crippen molar-refractivity contribution >= 4 is 23.8 Å². The Hall–Kier alpha value is -3.40. The molecule has 0 aliphatic heterocycles. The van der Waals surface area contributed by atoms with E-state index in [0.29, 0.717) is 11.1 Å². The van der Waals surface area contributed by atoms with Gasteiger partial charge in [-0.05, 0) is 36.4 Å². The Morgan fingerprint density at radius 2 is 1.17 bits per heavy atom. The summed E-state index contributed by atoms with van der Waals surface area (Å²) < 4.78 is 0. The second-order valence-corrected chi connectivity index (χ2v) is 5.12. The molecule has 0 heterocycles. The molecule has 0 aromatic heterocycles. The Balaban J connectivity index is 1.96. The van der Waals surface area contributed by atoms with Gasteiger partial charge in [-0.2, -0.15) is 0 Å². The molecule has 118 valence electrons. The number of benzene rings is 3. The highest BCUT2D eigenvalue weighted by Gasteiger charge is 2.09. The van der Waals surface area contributed by atoms with Crippen LogP contribution in [-0.4, -0.2) is 22.6 Å². The minimum absolute atomic E-state index is 0.193. The summed E-state index contributed by atoms with van der Waals surface area (Å²) in [4.78, 5) is 8.72. The van der Waals surface area contributed by atoms with E-state index in [-0.39, 0.29) is 11.5 Å². The first-order valence-corrected chi connectivity index (χ1v) is 7.47. The van der Waals surface area contributed by atoms with Gasteiger partial charge < -0.3 is 10.2 Å². The van der Waals surface area contributed by atoms with Gasteiger partial charge in [-0.1, -0.05) is 36.4 Å². The van der Waals surface area contributed by atoms with Crippen molar-refractivity contribution < 1.29 is 10.2 Å². The van der Waals surface area contributed by atoms with E-state index in [0.717, 1.165) is 11.4 Å². The first-order valence-electron chi connectivity index (χ1n) is 7.47. The molecule has 0 amide bonds. The zero-order chi connectivity index (χ0) is 16.8. The Bertz CT molecular complexity index is 873. The van der Waals surface area contributed by atoms with Crippen LogP contribution in [0.25, 0.3) is 0 Å². The van der Waals surface area contributed by atoms with Crippen LogP contribution in [0.5, 0.6) is 11.5 Å². The molecule has 0 atom stereocenters. The minimum atomic E-state index is -0.216. The average molecular weight is 316 g/mol. The van der Waals surface area contributed by atoms with Gasteiger partial charge in [-0.25, -0.2) is 0 Å². The summed E-state index contributed by atoms with van der Waals surface area (Å²) in [5, 5.41) is 19.9. The van der Waals surface area contributed by atoms with E-state index in [4.69, 9.17) is 0 Å². The lowest BCUT2D eigenvalue weighted by Gasteiger charge is -2.05. The molecular formula is C20H16N2O2. The first-order chi connectivity index (χ1) is 11.7. The maximum Gasteiger partial charge on any atom is 0.167 e. The van der Waals surface area contributed by atoms with Crippen molar-refractivity contribution in [2.75, 3.05) is 0 Å². The number of rotatable bonds is 4. The number of phenols is 2. The second kappa shape index (κ2) is 7.24. The monoisotopic (exact) mass is 316 g/mol. The maximum atomic E-state index is 10.2. The van der Waals surface area contributed by atoms with Crippen molar-refractivity contribution in [1.82, 2.24) is 0 Å². The van der Waals surface area contributed by atoms with E-state index in [1.165, 1.54) is 12.3 Å². The molecule has 0 aliphatic rings. The molecule has 4 nitrogen and oxygen atoms in total. The Kier molecular flexibility index (Phi) is 4.68. The summed E-state index contributed by atoms with van der Waals surface area (Å²) in [6.45, 7) is 0. The van der Waals surface area contributed by atoms with Crippen molar-refractivity contribution in [2.24, 2.45) is 9.98 Å². The molecule has 3 rings (SSSR count).